The minimum atomic E-state index is -3.49. The first kappa shape index (κ1) is 21.9. The van der Waals surface area contributed by atoms with Crippen molar-refractivity contribution in [2.45, 2.75) is 17.7 Å². The first-order valence-corrected chi connectivity index (χ1v) is 11.6. The first-order chi connectivity index (χ1) is 14.2. The molecule has 11 heteroatoms. The van der Waals surface area contributed by atoms with E-state index < -0.39 is 14.8 Å². The Kier molecular flexibility index (Phi) is 6.80. The van der Waals surface area contributed by atoms with E-state index in [0.29, 0.717) is 21.4 Å². The number of nitro groups is 1. The number of thiazole rings is 1. The van der Waals surface area contributed by atoms with E-state index >= 15 is 0 Å². The van der Waals surface area contributed by atoms with E-state index in [1.807, 2.05) is 0 Å². The SMILES string of the molecule is O=C(CCCS(=O)(=O)c1ccc(Cl)cc1)Nc1nc(-c2ccc([N+](=O)[O-])cc2)cs1. The Labute approximate surface area is 181 Å². The van der Waals surface area contributed by atoms with E-state index in [-0.39, 0.29) is 35.1 Å². The summed E-state index contributed by atoms with van der Waals surface area (Å²) in [7, 11) is -3.49. The normalized spacial score (nSPS) is 11.2. The van der Waals surface area contributed by atoms with Gasteiger partial charge in [-0.3, -0.25) is 14.9 Å². The number of rotatable bonds is 8. The Morgan fingerprint density at radius 3 is 2.43 bits per heavy atom. The zero-order valence-electron chi connectivity index (χ0n) is 15.4. The van der Waals surface area contributed by atoms with Crippen molar-refractivity contribution in [3.05, 3.63) is 69.0 Å². The van der Waals surface area contributed by atoms with Crippen LogP contribution >= 0.6 is 22.9 Å². The van der Waals surface area contributed by atoms with E-state index in [1.54, 1.807) is 17.5 Å². The van der Waals surface area contributed by atoms with Crippen LogP contribution in [0.5, 0.6) is 0 Å². The third-order valence-corrected chi connectivity index (χ3v) is 6.94. The van der Waals surface area contributed by atoms with Crippen molar-refractivity contribution in [1.82, 2.24) is 4.98 Å². The van der Waals surface area contributed by atoms with Gasteiger partial charge in [0.2, 0.25) is 5.91 Å². The highest BCUT2D eigenvalue weighted by atomic mass is 35.5. The Hall–Kier alpha value is -2.82. The van der Waals surface area contributed by atoms with Crippen molar-refractivity contribution in [2.75, 3.05) is 11.1 Å². The minimum absolute atomic E-state index is 0.0175. The number of carbonyl (C=O) groups is 1. The summed E-state index contributed by atoms with van der Waals surface area (Å²) in [5, 5.41) is 15.9. The molecule has 156 valence electrons. The number of anilines is 1. The molecule has 3 rings (SSSR count). The van der Waals surface area contributed by atoms with Crippen LogP contribution in [-0.4, -0.2) is 30.0 Å². The summed E-state index contributed by atoms with van der Waals surface area (Å²) in [5.41, 5.74) is 1.25. The van der Waals surface area contributed by atoms with Crippen LogP contribution in [0.2, 0.25) is 5.02 Å². The number of sulfone groups is 1. The van der Waals surface area contributed by atoms with E-state index in [9.17, 15) is 23.3 Å². The van der Waals surface area contributed by atoms with Gasteiger partial charge in [0.05, 0.1) is 21.3 Å². The average molecular weight is 466 g/mol. The number of nitro benzene ring substituents is 1. The molecule has 0 spiro atoms. The molecule has 0 atom stereocenters. The van der Waals surface area contributed by atoms with Gasteiger partial charge in [0.25, 0.3) is 5.69 Å². The highest BCUT2D eigenvalue weighted by Gasteiger charge is 2.16. The molecule has 8 nitrogen and oxygen atoms in total. The first-order valence-electron chi connectivity index (χ1n) is 8.73. The lowest BCUT2D eigenvalue weighted by molar-refractivity contribution is -0.384. The van der Waals surface area contributed by atoms with Crippen LogP contribution < -0.4 is 5.32 Å². The van der Waals surface area contributed by atoms with Crippen molar-refractivity contribution in [1.29, 1.82) is 0 Å². The Balaban J connectivity index is 1.53. The monoisotopic (exact) mass is 465 g/mol. The molecule has 0 radical (unpaired) electrons. The van der Waals surface area contributed by atoms with E-state index in [1.165, 1.54) is 47.7 Å². The standard InChI is InChI=1S/C19H16ClN3O5S2/c20-14-5-9-16(10-6-14)30(27,28)11-1-2-18(24)22-19-21-17(12-29-19)13-3-7-15(8-4-13)23(25)26/h3-10,12H,1-2,11H2,(H,21,22,24). The second-order valence-corrected chi connectivity index (χ2v) is 9.67. The van der Waals surface area contributed by atoms with Crippen LogP contribution in [0, 0.1) is 10.1 Å². The molecule has 0 saturated carbocycles. The van der Waals surface area contributed by atoms with Crippen LogP contribution in [0.25, 0.3) is 11.3 Å². The number of halogens is 1. The number of benzene rings is 2. The maximum Gasteiger partial charge on any atom is 0.269 e. The molecule has 1 aromatic heterocycles. The number of non-ortho nitro benzene ring substituents is 1. The van der Waals surface area contributed by atoms with Gasteiger partial charge in [0.15, 0.2) is 15.0 Å². The summed E-state index contributed by atoms with van der Waals surface area (Å²) in [6, 6.07) is 11.8. The predicted octanol–water partition coefficient (Wildman–Crippen LogP) is 4.56. The van der Waals surface area contributed by atoms with Crippen molar-refractivity contribution < 1.29 is 18.1 Å². The number of nitrogens with one attached hydrogen (secondary N) is 1. The van der Waals surface area contributed by atoms with Gasteiger partial charge in [-0.1, -0.05) is 11.6 Å². The molecule has 3 aromatic rings. The molecule has 0 saturated heterocycles. The Morgan fingerprint density at radius 1 is 1.13 bits per heavy atom. The molecule has 0 fully saturated rings. The molecule has 0 bridgehead atoms. The maximum absolute atomic E-state index is 12.3. The van der Waals surface area contributed by atoms with Crippen molar-refractivity contribution in [3.63, 3.8) is 0 Å². The number of nitrogens with zero attached hydrogens (tertiary/aromatic N) is 2. The van der Waals surface area contributed by atoms with Gasteiger partial charge in [-0.15, -0.1) is 11.3 Å². The smallest absolute Gasteiger partial charge is 0.269 e. The van der Waals surface area contributed by atoms with Crippen LogP contribution in [0.1, 0.15) is 12.8 Å². The summed E-state index contributed by atoms with van der Waals surface area (Å²) in [4.78, 5) is 26.8. The van der Waals surface area contributed by atoms with E-state index in [2.05, 4.69) is 10.3 Å². The van der Waals surface area contributed by atoms with E-state index in [0.717, 1.165) is 0 Å². The fraction of sp³-hybridized carbons (Fsp3) is 0.158. The van der Waals surface area contributed by atoms with Gasteiger partial charge >= 0.3 is 0 Å². The molecule has 1 heterocycles. The highest BCUT2D eigenvalue weighted by molar-refractivity contribution is 7.91. The Bertz CT molecular complexity index is 1160. The lowest BCUT2D eigenvalue weighted by Crippen LogP contribution is -2.14. The fourth-order valence-corrected chi connectivity index (χ4v) is 4.75. The van der Waals surface area contributed by atoms with Gasteiger partial charge in [-0.05, 0) is 42.8 Å². The molecule has 1 amide bonds. The van der Waals surface area contributed by atoms with Gasteiger partial charge in [-0.25, -0.2) is 13.4 Å². The summed E-state index contributed by atoms with van der Waals surface area (Å²) in [5.74, 6) is -0.501. The van der Waals surface area contributed by atoms with Crippen molar-refractivity contribution >= 4 is 49.5 Å². The van der Waals surface area contributed by atoms with Crippen molar-refractivity contribution in [3.8, 4) is 11.3 Å². The van der Waals surface area contributed by atoms with Gasteiger partial charge in [0, 0.05) is 34.5 Å². The maximum atomic E-state index is 12.3. The summed E-state index contributed by atoms with van der Waals surface area (Å²) in [6.45, 7) is 0. The number of hydrogen-bond donors (Lipinski definition) is 1. The van der Waals surface area contributed by atoms with Crippen LogP contribution in [0.15, 0.2) is 58.8 Å². The topological polar surface area (TPSA) is 119 Å². The molecule has 0 unspecified atom stereocenters. The summed E-state index contributed by atoms with van der Waals surface area (Å²) >= 11 is 6.98. The number of aromatic nitrogens is 1. The number of carbonyl (C=O) groups excluding carboxylic acids is 1. The minimum Gasteiger partial charge on any atom is -0.302 e. The molecular formula is C19H16ClN3O5S2. The second-order valence-electron chi connectivity index (χ2n) is 6.27. The molecule has 1 N–H and O–H groups in total. The number of hydrogen-bond acceptors (Lipinski definition) is 7. The Morgan fingerprint density at radius 2 is 1.80 bits per heavy atom. The van der Waals surface area contributed by atoms with Crippen LogP contribution in [-0.2, 0) is 14.6 Å². The molecule has 0 aliphatic heterocycles. The summed E-state index contributed by atoms with van der Waals surface area (Å²) < 4.78 is 24.6. The molecule has 0 aliphatic carbocycles. The van der Waals surface area contributed by atoms with Gasteiger partial charge in [0.1, 0.15) is 0 Å². The van der Waals surface area contributed by atoms with Gasteiger partial charge in [-0.2, -0.15) is 0 Å². The quantitative estimate of drug-likeness (QED) is 0.384. The predicted molar refractivity (Wildman–Crippen MR) is 116 cm³/mol. The fourth-order valence-electron chi connectivity index (χ4n) is 2.58. The highest BCUT2D eigenvalue weighted by Crippen LogP contribution is 2.26. The average Bonchev–Trinajstić information content (AvgIpc) is 3.16. The lowest BCUT2D eigenvalue weighted by atomic mass is 10.1. The molecule has 30 heavy (non-hydrogen) atoms. The lowest BCUT2D eigenvalue weighted by Gasteiger charge is -2.05. The van der Waals surface area contributed by atoms with Gasteiger partial charge < -0.3 is 5.32 Å². The molecule has 0 aliphatic rings. The van der Waals surface area contributed by atoms with Crippen LogP contribution in [0.4, 0.5) is 10.8 Å². The zero-order valence-corrected chi connectivity index (χ0v) is 17.8. The molecular weight excluding hydrogens is 450 g/mol. The second kappa shape index (κ2) is 9.33. The third-order valence-electron chi connectivity index (χ3n) is 4.11. The molecule has 2 aromatic carbocycles. The van der Waals surface area contributed by atoms with Crippen LogP contribution in [0.3, 0.4) is 0 Å². The largest absolute Gasteiger partial charge is 0.302 e. The summed E-state index contributed by atoms with van der Waals surface area (Å²) in [6.07, 6.45) is 0.191. The van der Waals surface area contributed by atoms with Crippen molar-refractivity contribution in [2.24, 2.45) is 0 Å². The van der Waals surface area contributed by atoms with E-state index in [4.69, 9.17) is 11.6 Å². The number of amides is 1. The third kappa shape index (κ3) is 5.62. The zero-order chi connectivity index (χ0) is 21.7.